The van der Waals surface area contributed by atoms with E-state index in [9.17, 15) is 5.11 Å². The summed E-state index contributed by atoms with van der Waals surface area (Å²) in [7, 11) is 0. The Balaban J connectivity index is 1.95. The second kappa shape index (κ2) is 6.06. The van der Waals surface area contributed by atoms with Crippen molar-refractivity contribution >= 4 is 0 Å². The van der Waals surface area contributed by atoms with Gasteiger partial charge >= 0.3 is 0 Å². The van der Waals surface area contributed by atoms with Crippen LogP contribution in [-0.2, 0) is 0 Å². The minimum atomic E-state index is -0.0908. The molecule has 0 amide bonds. The molecule has 3 aliphatic carbocycles. The zero-order chi connectivity index (χ0) is 16.8. The van der Waals surface area contributed by atoms with Crippen molar-refractivity contribution in [3.05, 3.63) is 23.3 Å². The van der Waals surface area contributed by atoms with Crippen molar-refractivity contribution in [1.29, 1.82) is 0 Å². The van der Waals surface area contributed by atoms with E-state index < -0.39 is 0 Å². The first-order valence-corrected chi connectivity index (χ1v) is 9.87. The lowest BCUT2D eigenvalue weighted by atomic mass is 9.46. The smallest absolute Gasteiger partial charge is 0.0577 e. The molecular formula is C22H36O. The first-order chi connectivity index (χ1) is 10.9. The van der Waals surface area contributed by atoms with E-state index in [1.165, 1.54) is 32.1 Å². The van der Waals surface area contributed by atoms with Gasteiger partial charge in [-0.3, -0.25) is 0 Å². The van der Waals surface area contributed by atoms with Crippen LogP contribution < -0.4 is 0 Å². The van der Waals surface area contributed by atoms with Crippen LogP contribution in [0.4, 0.5) is 0 Å². The van der Waals surface area contributed by atoms with Crippen molar-refractivity contribution in [2.45, 2.75) is 85.7 Å². The fourth-order valence-electron chi connectivity index (χ4n) is 6.53. The van der Waals surface area contributed by atoms with Gasteiger partial charge in [0, 0.05) is 0 Å². The summed E-state index contributed by atoms with van der Waals surface area (Å²) >= 11 is 0. The van der Waals surface area contributed by atoms with Crippen molar-refractivity contribution in [3.63, 3.8) is 0 Å². The molecule has 0 saturated heterocycles. The predicted molar refractivity (Wildman–Crippen MR) is 98.2 cm³/mol. The van der Waals surface area contributed by atoms with Gasteiger partial charge in [-0.15, -0.1) is 0 Å². The van der Waals surface area contributed by atoms with Crippen LogP contribution in [0.25, 0.3) is 0 Å². The van der Waals surface area contributed by atoms with E-state index in [0.717, 1.165) is 30.6 Å². The van der Waals surface area contributed by atoms with Crippen LogP contribution in [0, 0.1) is 28.6 Å². The van der Waals surface area contributed by atoms with Crippen LogP contribution in [-0.4, -0.2) is 11.2 Å². The van der Waals surface area contributed by atoms with Gasteiger partial charge in [0.1, 0.15) is 0 Å². The normalized spacial score (nSPS) is 47.6. The zero-order valence-corrected chi connectivity index (χ0v) is 15.9. The molecule has 1 nitrogen and oxygen atoms in total. The van der Waals surface area contributed by atoms with Crippen LogP contribution in [0.1, 0.15) is 79.6 Å². The third-order valence-corrected chi connectivity index (χ3v) is 8.24. The molecule has 0 radical (unpaired) electrons. The van der Waals surface area contributed by atoms with Crippen LogP contribution >= 0.6 is 0 Å². The van der Waals surface area contributed by atoms with Crippen molar-refractivity contribution in [1.82, 2.24) is 0 Å². The Labute approximate surface area is 143 Å². The molecule has 0 bridgehead atoms. The Kier molecular flexibility index (Phi) is 4.55. The maximum absolute atomic E-state index is 10.1. The molecule has 1 N–H and O–H groups in total. The summed E-state index contributed by atoms with van der Waals surface area (Å²) < 4.78 is 0. The number of fused-ring (bicyclic) bond motifs is 3. The molecule has 130 valence electrons. The molecule has 6 unspecified atom stereocenters. The van der Waals surface area contributed by atoms with E-state index in [4.69, 9.17) is 0 Å². The van der Waals surface area contributed by atoms with Crippen LogP contribution in [0.3, 0.4) is 0 Å². The van der Waals surface area contributed by atoms with Crippen LogP contribution in [0.5, 0.6) is 0 Å². The van der Waals surface area contributed by atoms with Crippen molar-refractivity contribution in [2.24, 2.45) is 28.6 Å². The molecule has 23 heavy (non-hydrogen) atoms. The Morgan fingerprint density at radius 2 is 2.04 bits per heavy atom. The van der Waals surface area contributed by atoms with Crippen molar-refractivity contribution in [2.75, 3.05) is 0 Å². The van der Waals surface area contributed by atoms with Crippen LogP contribution in [0.2, 0.25) is 0 Å². The number of hydrogen-bond donors (Lipinski definition) is 1. The molecule has 0 aliphatic heterocycles. The van der Waals surface area contributed by atoms with Gasteiger partial charge in [-0.05, 0) is 81.0 Å². The van der Waals surface area contributed by atoms with Gasteiger partial charge in [-0.2, -0.15) is 0 Å². The summed E-state index contributed by atoms with van der Waals surface area (Å²) in [6.07, 6.45) is 13.2. The lowest BCUT2D eigenvalue weighted by Crippen LogP contribution is -2.50. The monoisotopic (exact) mass is 316 g/mol. The summed E-state index contributed by atoms with van der Waals surface area (Å²) in [5, 5.41) is 10.1. The average Bonchev–Trinajstić information content (AvgIpc) is 2.54. The lowest BCUT2D eigenvalue weighted by molar-refractivity contribution is -0.0378. The standard InChI is InChI=1S/C22H36O/c1-6-15(3)21(4)13-11-20-18(19(21)7-2)9-8-16-14-17(23)10-12-22(16,20)5/h6,8,17-20,23H,7,9-14H2,1-5H3/b15-6-. The average molecular weight is 317 g/mol. The minimum Gasteiger partial charge on any atom is -0.393 e. The summed E-state index contributed by atoms with van der Waals surface area (Å²) in [5.74, 6) is 2.47. The predicted octanol–water partition coefficient (Wildman–Crippen LogP) is 5.89. The molecule has 1 heteroatoms. The number of rotatable bonds is 2. The maximum atomic E-state index is 10.1. The number of hydrogen-bond acceptors (Lipinski definition) is 1. The number of aliphatic hydroxyl groups excluding tert-OH is 1. The van der Waals surface area contributed by atoms with E-state index >= 15 is 0 Å². The molecule has 0 aromatic heterocycles. The molecule has 0 heterocycles. The van der Waals surface area contributed by atoms with Gasteiger partial charge in [0.15, 0.2) is 0 Å². The third-order valence-electron chi connectivity index (χ3n) is 8.24. The Bertz CT molecular complexity index is 516. The van der Waals surface area contributed by atoms with Gasteiger partial charge < -0.3 is 5.11 Å². The van der Waals surface area contributed by atoms with Gasteiger partial charge in [0.25, 0.3) is 0 Å². The highest BCUT2D eigenvalue weighted by atomic mass is 16.3. The van der Waals surface area contributed by atoms with E-state index in [1.54, 1.807) is 11.1 Å². The summed E-state index contributed by atoms with van der Waals surface area (Å²) in [6.45, 7) is 12.0. The summed E-state index contributed by atoms with van der Waals surface area (Å²) in [6, 6.07) is 0. The minimum absolute atomic E-state index is 0.0908. The molecule has 0 aromatic rings. The first-order valence-electron chi connectivity index (χ1n) is 9.87. The SMILES string of the molecule is C/C=C(/C)C1(C)CCC2C(CC=C3CC(O)CCC32C)C1CC. The van der Waals surface area contributed by atoms with Crippen molar-refractivity contribution < 1.29 is 5.11 Å². The molecule has 6 atom stereocenters. The van der Waals surface area contributed by atoms with Gasteiger partial charge in [-0.1, -0.05) is 50.5 Å². The molecule has 0 spiro atoms. The Hall–Kier alpha value is -0.560. The first kappa shape index (κ1) is 17.3. The lowest BCUT2D eigenvalue weighted by Gasteiger charge is -2.59. The van der Waals surface area contributed by atoms with Crippen molar-refractivity contribution in [3.8, 4) is 0 Å². The highest BCUT2D eigenvalue weighted by Gasteiger charge is 2.54. The number of allylic oxidation sites excluding steroid dienone is 3. The topological polar surface area (TPSA) is 20.2 Å². The number of aliphatic hydroxyl groups is 1. The Morgan fingerprint density at radius 1 is 1.30 bits per heavy atom. The van der Waals surface area contributed by atoms with E-state index in [-0.39, 0.29) is 6.10 Å². The largest absolute Gasteiger partial charge is 0.393 e. The van der Waals surface area contributed by atoms with Gasteiger partial charge in [-0.25, -0.2) is 0 Å². The van der Waals surface area contributed by atoms with Crippen LogP contribution in [0.15, 0.2) is 23.3 Å². The molecule has 0 aromatic carbocycles. The summed E-state index contributed by atoms with van der Waals surface area (Å²) in [4.78, 5) is 0. The Morgan fingerprint density at radius 3 is 2.70 bits per heavy atom. The van der Waals surface area contributed by atoms with E-state index in [1.807, 2.05) is 0 Å². The highest BCUT2D eigenvalue weighted by Crippen LogP contribution is 2.63. The fourth-order valence-corrected chi connectivity index (χ4v) is 6.53. The van der Waals surface area contributed by atoms with E-state index in [2.05, 4.69) is 46.8 Å². The molecular weight excluding hydrogens is 280 g/mol. The second-order valence-electron chi connectivity index (χ2n) is 8.99. The highest BCUT2D eigenvalue weighted by molar-refractivity contribution is 5.26. The van der Waals surface area contributed by atoms with Gasteiger partial charge in [0.05, 0.1) is 6.10 Å². The molecule has 2 saturated carbocycles. The second-order valence-corrected chi connectivity index (χ2v) is 8.99. The third kappa shape index (κ3) is 2.54. The maximum Gasteiger partial charge on any atom is 0.0577 e. The fraction of sp³-hybridized carbons (Fsp3) is 0.818. The molecule has 3 aliphatic rings. The zero-order valence-electron chi connectivity index (χ0n) is 15.9. The summed E-state index contributed by atoms with van der Waals surface area (Å²) in [5.41, 5.74) is 3.93. The molecule has 3 rings (SSSR count). The van der Waals surface area contributed by atoms with Gasteiger partial charge in [0.2, 0.25) is 0 Å². The van der Waals surface area contributed by atoms with E-state index in [0.29, 0.717) is 10.8 Å². The quantitative estimate of drug-likeness (QED) is 0.629. The molecule has 2 fully saturated rings.